The van der Waals surface area contributed by atoms with Crippen molar-refractivity contribution in [1.82, 2.24) is 10.2 Å². The van der Waals surface area contributed by atoms with E-state index in [2.05, 4.69) is 39.4 Å². The molecule has 0 unspecified atom stereocenters. The van der Waals surface area contributed by atoms with Crippen molar-refractivity contribution in [3.63, 3.8) is 0 Å². The molecule has 0 atom stereocenters. The Morgan fingerprint density at radius 2 is 1.55 bits per heavy atom. The van der Waals surface area contributed by atoms with Gasteiger partial charge in [0.05, 0.1) is 18.1 Å². The van der Waals surface area contributed by atoms with E-state index in [0.29, 0.717) is 18.1 Å². The minimum atomic E-state index is -0.660. The van der Waals surface area contributed by atoms with Crippen LogP contribution in [0.25, 0.3) is 10.6 Å². The lowest BCUT2D eigenvalue weighted by atomic mass is 9.82. The molecule has 1 aliphatic heterocycles. The molecule has 2 heterocycles. The monoisotopic (exact) mass is 469 g/mol. The Bertz CT molecular complexity index is 909. The van der Waals surface area contributed by atoms with E-state index in [1.165, 1.54) is 37.8 Å². The topological polar surface area (TPSA) is 75.5 Å². The van der Waals surface area contributed by atoms with Crippen molar-refractivity contribution in [3.05, 3.63) is 29.3 Å². The minimum Gasteiger partial charge on any atom is -0.481 e. The summed E-state index contributed by atoms with van der Waals surface area (Å²) in [7, 11) is 0. The van der Waals surface area contributed by atoms with Crippen LogP contribution in [0, 0.1) is 5.92 Å². The van der Waals surface area contributed by atoms with Crippen molar-refractivity contribution in [1.29, 1.82) is 0 Å². The van der Waals surface area contributed by atoms with Gasteiger partial charge < -0.3 is 14.7 Å². The first-order chi connectivity index (χ1) is 16.2. The van der Waals surface area contributed by atoms with Gasteiger partial charge in [0.1, 0.15) is 10.0 Å². The zero-order valence-electron chi connectivity index (χ0n) is 19.3. The van der Waals surface area contributed by atoms with Gasteiger partial charge in [-0.3, -0.25) is 4.79 Å². The van der Waals surface area contributed by atoms with Crippen molar-refractivity contribution in [2.45, 2.75) is 88.8 Å². The Hall–Kier alpha value is -1.99. The second-order valence-corrected chi connectivity index (χ2v) is 11.0. The second-order valence-electron chi connectivity index (χ2n) is 9.96. The van der Waals surface area contributed by atoms with Crippen LogP contribution in [0.1, 0.15) is 81.6 Å². The molecule has 178 valence electrons. The van der Waals surface area contributed by atoms with Crippen LogP contribution in [0.4, 0.5) is 5.69 Å². The number of aromatic nitrogens is 2. The maximum absolute atomic E-state index is 11.2. The fraction of sp³-hybridized carbons (Fsp3) is 0.654. The lowest BCUT2D eigenvalue weighted by molar-refractivity contribution is -0.142. The van der Waals surface area contributed by atoms with Gasteiger partial charge in [0, 0.05) is 30.3 Å². The number of hydrogen-bond donors (Lipinski definition) is 1. The summed E-state index contributed by atoms with van der Waals surface area (Å²) in [5, 5.41) is 20.1. The van der Waals surface area contributed by atoms with Crippen molar-refractivity contribution in [2.24, 2.45) is 5.92 Å². The molecule has 33 heavy (non-hydrogen) atoms. The van der Waals surface area contributed by atoms with Crippen molar-refractivity contribution < 1.29 is 14.6 Å². The highest BCUT2D eigenvalue weighted by Gasteiger charge is 2.29. The molecule has 5 rings (SSSR count). The summed E-state index contributed by atoms with van der Waals surface area (Å²) in [5.74, 6) is -0.499. The molecule has 3 aliphatic rings. The predicted octanol–water partition coefficient (Wildman–Crippen LogP) is 5.88. The van der Waals surface area contributed by atoms with E-state index < -0.39 is 5.97 Å². The van der Waals surface area contributed by atoms with Gasteiger partial charge in [-0.15, -0.1) is 10.2 Å². The number of nitrogens with zero attached hydrogens (tertiary/aromatic N) is 3. The Morgan fingerprint density at radius 1 is 0.879 bits per heavy atom. The van der Waals surface area contributed by atoms with Gasteiger partial charge in [-0.25, -0.2) is 0 Å². The number of carboxylic acid groups (broad SMARTS) is 1. The van der Waals surface area contributed by atoms with E-state index >= 15 is 0 Å². The highest BCUT2D eigenvalue weighted by Crippen LogP contribution is 2.39. The molecule has 0 spiro atoms. The normalized spacial score (nSPS) is 25.3. The minimum absolute atomic E-state index is 0.190. The maximum Gasteiger partial charge on any atom is 0.306 e. The van der Waals surface area contributed by atoms with E-state index in [9.17, 15) is 9.90 Å². The number of anilines is 1. The molecule has 0 bridgehead atoms. The Labute approximate surface area is 200 Å². The van der Waals surface area contributed by atoms with Crippen LogP contribution >= 0.6 is 11.3 Å². The second kappa shape index (κ2) is 10.5. The van der Waals surface area contributed by atoms with Gasteiger partial charge in [0.15, 0.2) is 0 Å². The number of rotatable bonds is 6. The van der Waals surface area contributed by atoms with Crippen LogP contribution in [0.15, 0.2) is 24.3 Å². The lowest BCUT2D eigenvalue weighted by Crippen LogP contribution is -2.38. The predicted molar refractivity (Wildman–Crippen MR) is 131 cm³/mol. The molecule has 2 aromatic rings. The molecule has 1 N–H and O–H groups in total. The van der Waals surface area contributed by atoms with Gasteiger partial charge in [-0.05, 0) is 75.6 Å². The van der Waals surface area contributed by atoms with Crippen LogP contribution in [-0.4, -0.2) is 46.6 Å². The Balaban J connectivity index is 1.13. The van der Waals surface area contributed by atoms with Gasteiger partial charge in [0.25, 0.3) is 0 Å². The molecule has 1 aromatic carbocycles. The van der Waals surface area contributed by atoms with Crippen LogP contribution in [0.2, 0.25) is 0 Å². The molecule has 3 fully saturated rings. The Kier molecular flexibility index (Phi) is 7.26. The highest BCUT2D eigenvalue weighted by atomic mass is 32.1. The average Bonchev–Trinajstić information content (AvgIpc) is 3.36. The molecule has 1 aromatic heterocycles. The van der Waals surface area contributed by atoms with E-state index in [4.69, 9.17) is 4.74 Å². The summed E-state index contributed by atoms with van der Waals surface area (Å²) in [6, 6.07) is 8.73. The van der Waals surface area contributed by atoms with Crippen LogP contribution in [0.5, 0.6) is 0 Å². The number of aliphatic carboxylic acids is 1. The van der Waals surface area contributed by atoms with Gasteiger partial charge in [-0.1, -0.05) is 30.6 Å². The molecule has 6 nitrogen and oxygen atoms in total. The molecular formula is C26H35N3O3S. The standard InChI is InChI=1S/C26H35N3O3S/c30-26(31)20-8-6-18(7-9-20)24-27-28-25(33-24)19-10-12-21(13-11-19)29-16-14-23(15-17-29)32-22-4-2-1-3-5-22/h10-13,18,20,22-23H,1-9,14-17H2,(H,30,31)/t18-,20-. The largest absolute Gasteiger partial charge is 0.481 e. The zero-order valence-corrected chi connectivity index (χ0v) is 20.1. The molecule has 7 heteroatoms. The zero-order chi connectivity index (χ0) is 22.6. The van der Waals surface area contributed by atoms with Crippen LogP contribution in [0.3, 0.4) is 0 Å². The van der Waals surface area contributed by atoms with E-state index in [-0.39, 0.29) is 5.92 Å². The quantitative estimate of drug-likeness (QED) is 0.569. The van der Waals surface area contributed by atoms with Gasteiger partial charge >= 0.3 is 5.97 Å². The van der Waals surface area contributed by atoms with Crippen molar-refractivity contribution >= 4 is 23.0 Å². The summed E-state index contributed by atoms with van der Waals surface area (Å²) in [4.78, 5) is 13.7. The first kappa shape index (κ1) is 22.8. The van der Waals surface area contributed by atoms with Crippen LogP contribution < -0.4 is 4.90 Å². The van der Waals surface area contributed by atoms with Gasteiger partial charge in [-0.2, -0.15) is 0 Å². The summed E-state index contributed by atoms with van der Waals surface area (Å²) >= 11 is 1.66. The number of ether oxygens (including phenoxy) is 1. The van der Waals surface area contributed by atoms with Crippen molar-refractivity contribution in [2.75, 3.05) is 18.0 Å². The van der Waals surface area contributed by atoms with E-state index in [1.807, 2.05) is 0 Å². The number of benzene rings is 1. The molecular weight excluding hydrogens is 434 g/mol. The summed E-state index contributed by atoms with van der Waals surface area (Å²) in [5.41, 5.74) is 2.38. The number of hydrogen-bond acceptors (Lipinski definition) is 6. The fourth-order valence-corrected chi connectivity index (χ4v) is 6.66. The summed E-state index contributed by atoms with van der Waals surface area (Å²) in [6.45, 7) is 2.11. The average molecular weight is 470 g/mol. The third-order valence-electron chi connectivity index (χ3n) is 7.72. The summed E-state index contributed by atoms with van der Waals surface area (Å²) in [6.07, 6.45) is 13.0. The van der Waals surface area contributed by atoms with E-state index in [1.54, 1.807) is 11.3 Å². The molecule has 0 amide bonds. The summed E-state index contributed by atoms with van der Waals surface area (Å²) < 4.78 is 6.39. The number of carboxylic acids is 1. The SMILES string of the molecule is O=C(O)[C@H]1CC[C@H](c2nnc(-c3ccc(N4CCC(OC5CCCCC5)CC4)cc3)s2)CC1. The Morgan fingerprint density at radius 3 is 2.21 bits per heavy atom. The molecule has 0 radical (unpaired) electrons. The maximum atomic E-state index is 11.2. The lowest BCUT2D eigenvalue weighted by Gasteiger charge is -2.36. The highest BCUT2D eigenvalue weighted by molar-refractivity contribution is 7.14. The molecule has 1 saturated heterocycles. The third kappa shape index (κ3) is 5.57. The van der Waals surface area contributed by atoms with Crippen molar-refractivity contribution in [3.8, 4) is 10.6 Å². The first-order valence-corrected chi connectivity index (χ1v) is 13.5. The smallest absolute Gasteiger partial charge is 0.306 e. The first-order valence-electron chi connectivity index (χ1n) is 12.7. The fourth-order valence-electron chi connectivity index (χ4n) is 5.64. The number of piperidine rings is 1. The van der Waals surface area contributed by atoms with Crippen LogP contribution in [-0.2, 0) is 9.53 Å². The molecule has 2 saturated carbocycles. The molecule has 2 aliphatic carbocycles. The number of carbonyl (C=O) groups is 1. The van der Waals surface area contributed by atoms with E-state index in [0.717, 1.165) is 67.2 Å². The third-order valence-corrected chi connectivity index (χ3v) is 8.86. The van der Waals surface area contributed by atoms with Gasteiger partial charge in [0.2, 0.25) is 0 Å².